The highest BCUT2D eigenvalue weighted by Crippen LogP contribution is 2.24. The van der Waals surface area contributed by atoms with E-state index in [0.717, 1.165) is 32.3 Å². The number of hydrogen-bond donors (Lipinski definition) is 1. The Labute approximate surface area is 113 Å². The van der Waals surface area contributed by atoms with E-state index in [2.05, 4.69) is 33.0 Å². The van der Waals surface area contributed by atoms with Gasteiger partial charge in [0, 0.05) is 25.9 Å². The highest BCUT2D eigenvalue weighted by atomic mass is 16.5. The van der Waals surface area contributed by atoms with Crippen LogP contribution in [0.25, 0.3) is 0 Å². The lowest BCUT2D eigenvalue weighted by molar-refractivity contribution is -0.00994. The zero-order valence-corrected chi connectivity index (χ0v) is 12.6. The third-order valence-electron chi connectivity index (χ3n) is 3.81. The summed E-state index contributed by atoms with van der Waals surface area (Å²) in [6.07, 6.45) is 3.97. The van der Waals surface area contributed by atoms with Crippen molar-refractivity contribution < 1.29 is 9.47 Å². The smallest absolute Gasteiger partial charge is 0.0750 e. The Morgan fingerprint density at radius 1 is 1.22 bits per heavy atom. The fourth-order valence-corrected chi connectivity index (χ4v) is 2.90. The molecule has 0 aromatic carbocycles. The predicted molar refractivity (Wildman–Crippen MR) is 75.9 cm³/mol. The first-order chi connectivity index (χ1) is 8.69. The monoisotopic (exact) mass is 257 g/mol. The van der Waals surface area contributed by atoms with E-state index in [1.807, 2.05) is 0 Å². The van der Waals surface area contributed by atoms with Gasteiger partial charge in [-0.2, -0.15) is 0 Å². The number of nitrogens with one attached hydrogen (secondary N) is 1. The van der Waals surface area contributed by atoms with Crippen LogP contribution in [-0.4, -0.2) is 38.5 Å². The van der Waals surface area contributed by atoms with Gasteiger partial charge in [-0.1, -0.05) is 20.8 Å². The maximum atomic E-state index is 5.97. The summed E-state index contributed by atoms with van der Waals surface area (Å²) in [7, 11) is 0. The zero-order chi connectivity index (χ0) is 13.4. The molecule has 0 aromatic heterocycles. The zero-order valence-electron chi connectivity index (χ0n) is 12.6. The summed E-state index contributed by atoms with van der Waals surface area (Å²) in [6.45, 7) is 12.5. The molecule has 1 fully saturated rings. The van der Waals surface area contributed by atoms with Crippen molar-refractivity contribution in [3.63, 3.8) is 0 Å². The second-order valence-corrected chi connectivity index (χ2v) is 5.62. The van der Waals surface area contributed by atoms with Crippen LogP contribution in [-0.2, 0) is 9.47 Å². The lowest BCUT2D eigenvalue weighted by Crippen LogP contribution is -2.45. The van der Waals surface area contributed by atoms with Gasteiger partial charge in [-0.25, -0.2) is 0 Å². The standard InChI is InChI=1S/C15H31NO2/c1-5-16-14(15(12(3)4)18-6-2)11-13-7-9-17-10-8-13/h12-16H,5-11H2,1-4H3. The van der Waals surface area contributed by atoms with Crippen LogP contribution in [0.4, 0.5) is 0 Å². The van der Waals surface area contributed by atoms with Gasteiger partial charge in [0.15, 0.2) is 0 Å². The normalized spacial score (nSPS) is 21.2. The molecule has 1 aliphatic rings. The first kappa shape index (κ1) is 15.9. The molecule has 0 aliphatic carbocycles. The molecule has 1 heterocycles. The quantitative estimate of drug-likeness (QED) is 0.725. The summed E-state index contributed by atoms with van der Waals surface area (Å²) in [5, 5.41) is 3.63. The molecule has 108 valence electrons. The summed E-state index contributed by atoms with van der Waals surface area (Å²) in [4.78, 5) is 0. The van der Waals surface area contributed by atoms with Crippen molar-refractivity contribution in [1.29, 1.82) is 0 Å². The Morgan fingerprint density at radius 2 is 1.89 bits per heavy atom. The van der Waals surface area contributed by atoms with Gasteiger partial charge in [0.2, 0.25) is 0 Å². The van der Waals surface area contributed by atoms with Gasteiger partial charge < -0.3 is 14.8 Å². The van der Waals surface area contributed by atoms with E-state index in [-0.39, 0.29) is 0 Å². The second-order valence-electron chi connectivity index (χ2n) is 5.62. The summed E-state index contributed by atoms with van der Waals surface area (Å²) < 4.78 is 11.4. The van der Waals surface area contributed by atoms with Crippen LogP contribution in [0.5, 0.6) is 0 Å². The molecule has 3 heteroatoms. The lowest BCUT2D eigenvalue weighted by Gasteiger charge is -2.34. The van der Waals surface area contributed by atoms with E-state index in [0.29, 0.717) is 18.1 Å². The summed E-state index contributed by atoms with van der Waals surface area (Å²) in [5.41, 5.74) is 0. The summed E-state index contributed by atoms with van der Waals surface area (Å²) in [5.74, 6) is 1.36. The number of hydrogen-bond acceptors (Lipinski definition) is 3. The van der Waals surface area contributed by atoms with Crippen molar-refractivity contribution >= 4 is 0 Å². The van der Waals surface area contributed by atoms with E-state index < -0.39 is 0 Å². The summed E-state index contributed by atoms with van der Waals surface area (Å²) >= 11 is 0. The second kappa shape index (κ2) is 8.89. The largest absolute Gasteiger partial charge is 0.381 e. The molecule has 2 atom stereocenters. The number of likely N-dealkylation sites (N-methyl/N-ethyl adjacent to an activating group) is 1. The SMILES string of the molecule is CCNC(CC1CCOCC1)C(OCC)C(C)C. The minimum Gasteiger partial charge on any atom is -0.381 e. The molecule has 18 heavy (non-hydrogen) atoms. The molecule has 0 radical (unpaired) electrons. The Morgan fingerprint density at radius 3 is 2.39 bits per heavy atom. The topological polar surface area (TPSA) is 30.5 Å². The number of ether oxygens (including phenoxy) is 2. The highest BCUT2D eigenvalue weighted by molar-refractivity contribution is 4.82. The molecule has 0 spiro atoms. The van der Waals surface area contributed by atoms with E-state index >= 15 is 0 Å². The molecule has 1 aliphatic heterocycles. The Bertz CT molecular complexity index is 203. The molecule has 1 N–H and O–H groups in total. The molecule has 3 nitrogen and oxygen atoms in total. The predicted octanol–water partition coefficient (Wildman–Crippen LogP) is 2.84. The molecule has 0 aromatic rings. The summed E-state index contributed by atoms with van der Waals surface area (Å²) in [6, 6.07) is 0.484. The van der Waals surface area contributed by atoms with Crippen LogP contribution in [0.1, 0.15) is 47.0 Å². The van der Waals surface area contributed by atoms with Gasteiger partial charge >= 0.3 is 0 Å². The van der Waals surface area contributed by atoms with Gasteiger partial charge in [0.05, 0.1) is 6.10 Å². The molecule has 1 saturated heterocycles. The Balaban J connectivity index is 2.54. The van der Waals surface area contributed by atoms with E-state index in [4.69, 9.17) is 9.47 Å². The molecule has 1 rings (SSSR count). The van der Waals surface area contributed by atoms with Crippen LogP contribution in [0.2, 0.25) is 0 Å². The van der Waals surface area contributed by atoms with Crippen molar-refractivity contribution in [2.75, 3.05) is 26.4 Å². The van der Waals surface area contributed by atoms with Gasteiger partial charge in [0.1, 0.15) is 0 Å². The van der Waals surface area contributed by atoms with Crippen LogP contribution < -0.4 is 5.32 Å². The Kier molecular flexibility index (Phi) is 7.87. The molecule has 2 unspecified atom stereocenters. The first-order valence-electron chi connectivity index (χ1n) is 7.61. The van der Waals surface area contributed by atoms with E-state index in [1.54, 1.807) is 0 Å². The van der Waals surface area contributed by atoms with Crippen molar-refractivity contribution in [3.05, 3.63) is 0 Å². The van der Waals surface area contributed by atoms with Crippen molar-refractivity contribution in [1.82, 2.24) is 5.32 Å². The van der Waals surface area contributed by atoms with Gasteiger partial charge in [-0.15, -0.1) is 0 Å². The maximum Gasteiger partial charge on any atom is 0.0750 e. The molecule has 0 amide bonds. The van der Waals surface area contributed by atoms with Gasteiger partial charge in [-0.3, -0.25) is 0 Å². The molecular formula is C15H31NO2. The third-order valence-corrected chi connectivity index (χ3v) is 3.81. The average Bonchev–Trinajstić information content (AvgIpc) is 2.36. The third kappa shape index (κ3) is 5.25. The van der Waals surface area contributed by atoms with Crippen LogP contribution in [0.15, 0.2) is 0 Å². The fraction of sp³-hybridized carbons (Fsp3) is 1.00. The van der Waals surface area contributed by atoms with E-state index in [9.17, 15) is 0 Å². The lowest BCUT2D eigenvalue weighted by atomic mass is 9.87. The van der Waals surface area contributed by atoms with Crippen LogP contribution >= 0.6 is 0 Å². The van der Waals surface area contributed by atoms with Gasteiger partial charge in [0.25, 0.3) is 0 Å². The van der Waals surface area contributed by atoms with Crippen molar-refractivity contribution in [2.45, 2.75) is 59.1 Å². The van der Waals surface area contributed by atoms with Crippen LogP contribution in [0, 0.1) is 11.8 Å². The van der Waals surface area contributed by atoms with E-state index in [1.165, 1.54) is 19.3 Å². The Hall–Kier alpha value is -0.120. The number of rotatable bonds is 8. The fourth-order valence-electron chi connectivity index (χ4n) is 2.90. The minimum absolute atomic E-state index is 0.331. The van der Waals surface area contributed by atoms with Crippen molar-refractivity contribution in [3.8, 4) is 0 Å². The molecule has 0 bridgehead atoms. The minimum atomic E-state index is 0.331. The average molecular weight is 257 g/mol. The molecular weight excluding hydrogens is 226 g/mol. The van der Waals surface area contributed by atoms with Crippen molar-refractivity contribution in [2.24, 2.45) is 11.8 Å². The maximum absolute atomic E-state index is 5.97. The highest BCUT2D eigenvalue weighted by Gasteiger charge is 2.27. The molecule has 0 saturated carbocycles. The van der Waals surface area contributed by atoms with Gasteiger partial charge in [-0.05, 0) is 44.6 Å². The first-order valence-corrected chi connectivity index (χ1v) is 7.61. The van der Waals surface area contributed by atoms with Crippen LogP contribution in [0.3, 0.4) is 0 Å².